The Hall–Kier alpha value is -6.64. The van der Waals surface area contributed by atoms with Gasteiger partial charge in [-0.05, 0) is 92.8 Å². The van der Waals surface area contributed by atoms with Crippen LogP contribution in [0.15, 0.2) is 194 Å². The quantitative estimate of drug-likeness (QED) is 0.185. The zero-order valence-electron chi connectivity index (χ0n) is 27.4. The Labute approximate surface area is 291 Å². The molecular weight excluding hydrogens is 605 g/mol. The maximum Gasteiger partial charge on any atom is 0.0547 e. The van der Waals surface area contributed by atoms with Gasteiger partial charge in [0.05, 0.1) is 17.1 Å². The van der Waals surface area contributed by atoms with Crippen LogP contribution in [-0.2, 0) is 0 Å². The second-order valence-corrected chi connectivity index (χ2v) is 13.0. The fourth-order valence-electron chi connectivity index (χ4n) is 7.89. The summed E-state index contributed by atoms with van der Waals surface area (Å²) in [5, 5.41) is 7.49. The lowest BCUT2D eigenvalue weighted by molar-refractivity contribution is 1.27. The lowest BCUT2D eigenvalue weighted by atomic mass is 9.87. The molecule has 9 aromatic carbocycles. The van der Waals surface area contributed by atoms with Crippen LogP contribution in [0.25, 0.3) is 54.6 Å². The minimum absolute atomic E-state index is 1.10. The van der Waals surface area contributed by atoms with Gasteiger partial charge >= 0.3 is 0 Å². The highest BCUT2D eigenvalue weighted by atomic mass is 15.2. The zero-order chi connectivity index (χ0) is 33.0. The molecule has 0 bridgehead atoms. The van der Waals surface area contributed by atoms with E-state index in [0.717, 1.165) is 22.7 Å². The summed E-state index contributed by atoms with van der Waals surface area (Å²) in [6.45, 7) is 0. The molecule has 1 heterocycles. The number of hydrogen-bond donors (Lipinski definition) is 0. The van der Waals surface area contributed by atoms with Crippen LogP contribution in [0.2, 0.25) is 0 Å². The molecule has 0 spiro atoms. The molecule has 10 rings (SSSR count). The summed E-state index contributed by atoms with van der Waals surface area (Å²) >= 11 is 0. The number of fused-ring (bicyclic) bond motifs is 5. The SMILES string of the molecule is c1ccc(-c2cccc(N(c3ccc(N4c5ccc6ccccc6c5-c5cccc6cccc4c56)cc3)c3cccc4ccccc34)c2)cc1. The molecule has 0 amide bonds. The highest BCUT2D eigenvalue weighted by molar-refractivity contribution is 6.19. The van der Waals surface area contributed by atoms with E-state index >= 15 is 0 Å². The average molecular weight is 637 g/mol. The van der Waals surface area contributed by atoms with E-state index in [9.17, 15) is 0 Å². The van der Waals surface area contributed by atoms with E-state index < -0.39 is 0 Å². The lowest BCUT2D eigenvalue weighted by Crippen LogP contribution is -2.16. The first kappa shape index (κ1) is 28.4. The molecule has 2 heteroatoms. The van der Waals surface area contributed by atoms with E-state index in [1.807, 2.05) is 0 Å². The lowest BCUT2D eigenvalue weighted by Gasteiger charge is -2.34. The Morgan fingerprint density at radius 3 is 1.86 bits per heavy atom. The van der Waals surface area contributed by atoms with E-state index in [4.69, 9.17) is 0 Å². The van der Waals surface area contributed by atoms with Crippen LogP contribution >= 0.6 is 0 Å². The first-order valence-electron chi connectivity index (χ1n) is 17.2. The molecule has 234 valence electrons. The van der Waals surface area contributed by atoms with Gasteiger partial charge in [-0.2, -0.15) is 0 Å². The number of hydrogen-bond acceptors (Lipinski definition) is 2. The van der Waals surface area contributed by atoms with Crippen LogP contribution in [0.3, 0.4) is 0 Å². The van der Waals surface area contributed by atoms with Gasteiger partial charge in [0.15, 0.2) is 0 Å². The van der Waals surface area contributed by atoms with Crippen molar-refractivity contribution in [1.82, 2.24) is 0 Å². The molecule has 0 aromatic heterocycles. The third kappa shape index (κ3) is 4.50. The molecular formula is C48H32N2. The van der Waals surface area contributed by atoms with Gasteiger partial charge in [-0.3, -0.25) is 0 Å². The Kier molecular flexibility index (Phi) is 6.53. The van der Waals surface area contributed by atoms with E-state index in [-0.39, 0.29) is 0 Å². The minimum Gasteiger partial charge on any atom is -0.310 e. The predicted octanol–water partition coefficient (Wildman–Crippen LogP) is 13.7. The molecule has 0 radical (unpaired) electrons. The maximum atomic E-state index is 2.44. The van der Waals surface area contributed by atoms with Crippen LogP contribution < -0.4 is 9.80 Å². The number of anilines is 6. The van der Waals surface area contributed by atoms with Gasteiger partial charge in [0, 0.05) is 33.4 Å². The first-order chi connectivity index (χ1) is 24.8. The Balaban J connectivity index is 1.16. The summed E-state index contributed by atoms with van der Waals surface area (Å²) in [6, 6.07) is 70.5. The molecule has 0 aliphatic carbocycles. The second-order valence-electron chi connectivity index (χ2n) is 13.0. The van der Waals surface area contributed by atoms with E-state index in [1.54, 1.807) is 0 Å². The topological polar surface area (TPSA) is 6.48 Å². The highest BCUT2D eigenvalue weighted by Crippen LogP contribution is 2.53. The van der Waals surface area contributed by atoms with Crippen molar-refractivity contribution >= 4 is 66.4 Å². The predicted molar refractivity (Wildman–Crippen MR) is 213 cm³/mol. The van der Waals surface area contributed by atoms with Gasteiger partial charge in [-0.25, -0.2) is 0 Å². The molecule has 1 aliphatic rings. The molecule has 0 saturated carbocycles. The number of nitrogens with zero attached hydrogens (tertiary/aromatic N) is 2. The van der Waals surface area contributed by atoms with Crippen molar-refractivity contribution in [3.8, 4) is 22.3 Å². The molecule has 0 saturated heterocycles. The molecule has 0 unspecified atom stereocenters. The van der Waals surface area contributed by atoms with E-state index in [2.05, 4.69) is 204 Å². The van der Waals surface area contributed by atoms with Crippen LogP contribution in [0.4, 0.5) is 34.1 Å². The summed E-state index contributed by atoms with van der Waals surface area (Å²) in [5.41, 5.74) is 11.9. The summed E-state index contributed by atoms with van der Waals surface area (Å²) < 4.78 is 0. The van der Waals surface area contributed by atoms with Crippen molar-refractivity contribution < 1.29 is 0 Å². The van der Waals surface area contributed by atoms with E-state index in [0.29, 0.717) is 0 Å². The van der Waals surface area contributed by atoms with Crippen molar-refractivity contribution in [2.75, 3.05) is 9.80 Å². The largest absolute Gasteiger partial charge is 0.310 e. The normalized spacial score (nSPS) is 12.0. The Bertz CT molecular complexity index is 2700. The Morgan fingerprint density at radius 2 is 1.02 bits per heavy atom. The summed E-state index contributed by atoms with van der Waals surface area (Å²) in [7, 11) is 0. The fourth-order valence-corrected chi connectivity index (χ4v) is 7.89. The van der Waals surface area contributed by atoms with Crippen LogP contribution in [0.1, 0.15) is 0 Å². The van der Waals surface area contributed by atoms with Crippen molar-refractivity contribution in [2.45, 2.75) is 0 Å². The summed E-state index contributed by atoms with van der Waals surface area (Å²) in [4.78, 5) is 4.84. The molecule has 2 nitrogen and oxygen atoms in total. The smallest absolute Gasteiger partial charge is 0.0547 e. The van der Waals surface area contributed by atoms with Gasteiger partial charge in [-0.1, -0.05) is 140 Å². The highest BCUT2D eigenvalue weighted by Gasteiger charge is 2.27. The van der Waals surface area contributed by atoms with Crippen molar-refractivity contribution in [3.63, 3.8) is 0 Å². The van der Waals surface area contributed by atoms with Gasteiger partial charge in [0.1, 0.15) is 0 Å². The van der Waals surface area contributed by atoms with Gasteiger partial charge < -0.3 is 9.80 Å². The molecule has 9 aromatic rings. The summed E-state index contributed by atoms with van der Waals surface area (Å²) in [6.07, 6.45) is 0. The summed E-state index contributed by atoms with van der Waals surface area (Å²) in [5.74, 6) is 0. The van der Waals surface area contributed by atoms with Crippen molar-refractivity contribution in [2.24, 2.45) is 0 Å². The Morgan fingerprint density at radius 1 is 0.380 bits per heavy atom. The van der Waals surface area contributed by atoms with Crippen LogP contribution in [0.5, 0.6) is 0 Å². The van der Waals surface area contributed by atoms with Crippen molar-refractivity contribution in [1.29, 1.82) is 0 Å². The van der Waals surface area contributed by atoms with Crippen molar-refractivity contribution in [3.05, 3.63) is 194 Å². The molecule has 50 heavy (non-hydrogen) atoms. The molecule has 1 aliphatic heterocycles. The third-order valence-electron chi connectivity index (χ3n) is 10.1. The monoisotopic (exact) mass is 636 g/mol. The van der Waals surface area contributed by atoms with Crippen LogP contribution in [0, 0.1) is 0 Å². The first-order valence-corrected chi connectivity index (χ1v) is 17.2. The third-order valence-corrected chi connectivity index (χ3v) is 10.1. The fraction of sp³-hybridized carbons (Fsp3) is 0. The number of rotatable bonds is 5. The minimum atomic E-state index is 1.10. The van der Waals surface area contributed by atoms with Gasteiger partial charge in [-0.15, -0.1) is 0 Å². The van der Waals surface area contributed by atoms with Gasteiger partial charge in [0.25, 0.3) is 0 Å². The average Bonchev–Trinajstić information content (AvgIpc) is 3.19. The molecule has 0 fully saturated rings. The number of benzene rings is 9. The molecule has 0 atom stereocenters. The van der Waals surface area contributed by atoms with Gasteiger partial charge in [0.2, 0.25) is 0 Å². The molecule has 0 N–H and O–H groups in total. The maximum absolute atomic E-state index is 2.44. The van der Waals surface area contributed by atoms with E-state index in [1.165, 1.54) is 65.9 Å². The standard InChI is InChI=1S/C48H32N2/c1-2-12-33(13-3-1)37-19-8-20-40(32-37)49(44-24-10-16-34-14-4-6-21-41(34)44)38-27-29-39(30-28-38)50-45-25-11-18-36-17-9-23-43(47(36)45)48-42-22-7-5-15-35(42)26-31-46(48)50/h1-32H. The van der Waals surface area contributed by atoms with Crippen LogP contribution in [-0.4, -0.2) is 0 Å². The zero-order valence-corrected chi connectivity index (χ0v) is 27.4. The second kappa shape index (κ2) is 11.5.